The summed E-state index contributed by atoms with van der Waals surface area (Å²) in [7, 11) is 0. The van der Waals surface area contributed by atoms with Gasteiger partial charge in [-0.2, -0.15) is 0 Å². The molecule has 56 heavy (non-hydrogen) atoms. The Morgan fingerprint density at radius 2 is 0.786 bits per heavy atom. The van der Waals surface area contributed by atoms with E-state index in [9.17, 15) is 0 Å². The first kappa shape index (κ1) is 32.0. The molecular weight excluding hydrogens is 681 g/mol. The van der Waals surface area contributed by atoms with Crippen molar-refractivity contribution in [3.05, 3.63) is 205 Å². The third-order valence-electron chi connectivity index (χ3n) is 11.1. The standard InChI is InChI=1S/C52H34N4/c1-5-13-34(14-6-1)38-22-27-45-46-28-23-39(35-15-7-2-8-16-35)32-49(46)56(48(45)31-38)43-25-21-40-29-42-30-41(24-26-44(42)47(40)33-43)52-54-50(36-17-9-3-10-18-36)53-51(55-52)37-19-11-4-12-20-37/h1-28,30-33H,29H2. The monoisotopic (exact) mass is 714 g/mol. The third-order valence-corrected chi connectivity index (χ3v) is 11.1. The molecule has 0 bridgehead atoms. The lowest BCUT2D eigenvalue weighted by atomic mass is 10.0. The SMILES string of the molecule is c1ccc(-c2ccc3c4ccc(-c5ccccc5)cc4n(-c4ccc5c(c4)-c4ccc(-c6nc(-c7ccccc7)nc(-c7ccccc7)n6)cc4C5)c3c2)cc1. The summed E-state index contributed by atoms with van der Waals surface area (Å²) in [6.45, 7) is 0. The lowest BCUT2D eigenvalue weighted by Crippen LogP contribution is -2.00. The number of rotatable bonds is 6. The average molecular weight is 715 g/mol. The van der Waals surface area contributed by atoms with Crippen LogP contribution >= 0.6 is 0 Å². The zero-order valence-corrected chi connectivity index (χ0v) is 30.5. The highest BCUT2D eigenvalue weighted by atomic mass is 15.0. The van der Waals surface area contributed by atoms with Crippen LogP contribution in [0.5, 0.6) is 0 Å². The molecule has 2 heterocycles. The van der Waals surface area contributed by atoms with E-state index in [2.05, 4.69) is 138 Å². The summed E-state index contributed by atoms with van der Waals surface area (Å²) in [5.74, 6) is 2.01. The second-order valence-corrected chi connectivity index (χ2v) is 14.5. The van der Waals surface area contributed by atoms with E-state index < -0.39 is 0 Å². The predicted molar refractivity (Wildman–Crippen MR) is 230 cm³/mol. The van der Waals surface area contributed by atoms with Crippen molar-refractivity contribution >= 4 is 21.8 Å². The molecule has 0 atom stereocenters. The van der Waals surface area contributed by atoms with Gasteiger partial charge < -0.3 is 4.57 Å². The van der Waals surface area contributed by atoms with Crippen molar-refractivity contribution in [3.8, 4) is 73.2 Å². The maximum atomic E-state index is 5.01. The molecule has 0 saturated heterocycles. The highest BCUT2D eigenvalue weighted by Gasteiger charge is 2.23. The Morgan fingerprint density at radius 1 is 0.321 bits per heavy atom. The Hall–Kier alpha value is -7.43. The Bertz CT molecular complexity index is 2920. The molecule has 0 N–H and O–H groups in total. The van der Waals surface area contributed by atoms with Crippen LogP contribution in [0.4, 0.5) is 0 Å². The fourth-order valence-electron chi connectivity index (χ4n) is 8.31. The van der Waals surface area contributed by atoms with Gasteiger partial charge in [0.1, 0.15) is 0 Å². The molecule has 4 nitrogen and oxygen atoms in total. The minimum Gasteiger partial charge on any atom is -0.309 e. The number of hydrogen-bond acceptors (Lipinski definition) is 3. The number of hydrogen-bond donors (Lipinski definition) is 0. The molecule has 0 aliphatic heterocycles. The van der Waals surface area contributed by atoms with Crippen LogP contribution < -0.4 is 0 Å². The van der Waals surface area contributed by atoms with E-state index >= 15 is 0 Å². The third kappa shape index (κ3) is 5.50. The minimum absolute atomic E-state index is 0.667. The first-order valence-electron chi connectivity index (χ1n) is 19.1. The summed E-state index contributed by atoms with van der Waals surface area (Å²) in [4.78, 5) is 14.9. The van der Waals surface area contributed by atoms with Crippen molar-refractivity contribution in [2.24, 2.45) is 0 Å². The molecule has 0 unspecified atom stereocenters. The zero-order valence-electron chi connectivity index (χ0n) is 30.5. The van der Waals surface area contributed by atoms with Crippen molar-refractivity contribution < 1.29 is 0 Å². The van der Waals surface area contributed by atoms with Crippen LogP contribution in [0.25, 0.3) is 95.0 Å². The molecule has 1 aliphatic rings. The largest absolute Gasteiger partial charge is 0.309 e. The minimum atomic E-state index is 0.667. The highest BCUT2D eigenvalue weighted by molar-refractivity contribution is 6.11. The summed E-state index contributed by atoms with van der Waals surface area (Å²) < 4.78 is 2.46. The van der Waals surface area contributed by atoms with Crippen LogP contribution in [0.3, 0.4) is 0 Å². The van der Waals surface area contributed by atoms with Crippen molar-refractivity contribution in [1.82, 2.24) is 19.5 Å². The van der Waals surface area contributed by atoms with Gasteiger partial charge in [0.2, 0.25) is 0 Å². The molecular formula is C52H34N4. The summed E-state index contributed by atoms with van der Waals surface area (Å²) >= 11 is 0. The molecule has 0 fully saturated rings. The molecule has 11 rings (SSSR count). The fourth-order valence-corrected chi connectivity index (χ4v) is 8.31. The second-order valence-electron chi connectivity index (χ2n) is 14.5. The number of aromatic nitrogens is 4. The normalized spacial score (nSPS) is 11.9. The summed E-state index contributed by atoms with van der Waals surface area (Å²) in [5, 5.41) is 2.49. The van der Waals surface area contributed by atoms with E-state index in [0.717, 1.165) is 28.8 Å². The molecule has 0 saturated carbocycles. The molecule has 10 aromatic rings. The molecule has 4 heteroatoms. The first-order valence-corrected chi connectivity index (χ1v) is 19.1. The van der Waals surface area contributed by atoms with Crippen molar-refractivity contribution in [2.75, 3.05) is 0 Å². The van der Waals surface area contributed by atoms with Crippen LogP contribution in [0, 0.1) is 0 Å². The van der Waals surface area contributed by atoms with Crippen LogP contribution in [0.2, 0.25) is 0 Å². The summed E-state index contributed by atoms with van der Waals surface area (Å²) in [5.41, 5.74) is 16.4. The molecule has 8 aromatic carbocycles. The Kier molecular flexibility index (Phi) is 7.52. The van der Waals surface area contributed by atoms with E-state index in [4.69, 9.17) is 15.0 Å². The van der Waals surface area contributed by atoms with Crippen LogP contribution in [0.15, 0.2) is 194 Å². The van der Waals surface area contributed by atoms with Gasteiger partial charge in [0.15, 0.2) is 17.5 Å². The van der Waals surface area contributed by atoms with Gasteiger partial charge >= 0.3 is 0 Å². The van der Waals surface area contributed by atoms with Crippen LogP contribution in [0.1, 0.15) is 11.1 Å². The van der Waals surface area contributed by atoms with E-state index in [1.807, 2.05) is 60.7 Å². The maximum Gasteiger partial charge on any atom is 0.164 e. The van der Waals surface area contributed by atoms with Crippen molar-refractivity contribution in [3.63, 3.8) is 0 Å². The highest BCUT2D eigenvalue weighted by Crippen LogP contribution is 2.42. The topological polar surface area (TPSA) is 43.6 Å². The number of fused-ring (bicyclic) bond motifs is 6. The molecule has 0 spiro atoms. The van der Waals surface area contributed by atoms with Gasteiger partial charge in [-0.05, 0) is 81.3 Å². The van der Waals surface area contributed by atoms with Gasteiger partial charge in [-0.1, -0.05) is 164 Å². The van der Waals surface area contributed by atoms with E-state index in [1.54, 1.807) is 0 Å². The number of benzene rings is 8. The quantitative estimate of drug-likeness (QED) is 0.172. The van der Waals surface area contributed by atoms with E-state index in [-0.39, 0.29) is 0 Å². The van der Waals surface area contributed by atoms with E-state index in [1.165, 1.54) is 66.3 Å². The van der Waals surface area contributed by atoms with E-state index in [0.29, 0.717) is 17.5 Å². The van der Waals surface area contributed by atoms with Crippen molar-refractivity contribution in [2.45, 2.75) is 6.42 Å². The Morgan fingerprint density at radius 3 is 1.30 bits per heavy atom. The van der Waals surface area contributed by atoms with Gasteiger partial charge in [-0.15, -0.1) is 0 Å². The second kappa shape index (κ2) is 13.2. The molecule has 1 aliphatic carbocycles. The average Bonchev–Trinajstić information content (AvgIpc) is 3.81. The maximum absolute atomic E-state index is 5.01. The fraction of sp³-hybridized carbons (Fsp3) is 0.0192. The summed E-state index contributed by atoms with van der Waals surface area (Å²) in [6, 6.07) is 69.1. The lowest BCUT2D eigenvalue weighted by molar-refractivity contribution is 1.07. The molecule has 0 radical (unpaired) electrons. The van der Waals surface area contributed by atoms with Gasteiger partial charge in [0.25, 0.3) is 0 Å². The van der Waals surface area contributed by atoms with Crippen LogP contribution in [-0.4, -0.2) is 19.5 Å². The van der Waals surface area contributed by atoms with Gasteiger partial charge in [-0.3, -0.25) is 0 Å². The van der Waals surface area contributed by atoms with Gasteiger partial charge in [0.05, 0.1) is 11.0 Å². The Balaban J connectivity index is 1.05. The van der Waals surface area contributed by atoms with Gasteiger partial charge in [-0.25, -0.2) is 15.0 Å². The first-order chi connectivity index (χ1) is 27.7. The van der Waals surface area contributed by atoms with Crippen LogP contribution in [-0.2, 0) is 6.42 Å². The molecule has 0 amide bonds. The van der Waals surface area contributed by atoms with Crippen molar-refractivity contribution in [1.29, 1.82) is 0 Å². The zero-order chi connectivity index (χ0) is 37.0. The number of nitrogens with zero attached hydrogens (tertiary/aromatic N) is 4. The predicted octanol–water partition coefficient (Wildman–Crippen LogP) is 12.9. The molecule has 2 aromatic heterocycles. The lowest BCUT2D eigenvalue weighted by Gasteiger charge is -2.12. The Labute approximate surface area is 325 Å². The summed E-state index contributed by atoms with van der Waals surface area (Å²) in [6.07, 6.45) is 0.852. The molecule has 262 valence electrons. The smallest absolute Gasteiger partial charge is 0.164 e. The van der Waals surface area contributed by atoms with Gasteiger partial charge in [0, 0.05) is 33.2 Å².